The molecule has 1 aromatic rings. The average Bonchev–Trinajstić information content (AvgIpc) is 2.93. The summed E-state index contributed by atoms with van der Waals surface area (Å²) in [5.74, 6) is -0.0684. The molecule has 88 valence electrons. The van der Waals surface area contributed by atoms with Crippen molar-refractivity contribution in [3.63, 3.8) is 0 Å². The Balaban J connectivity index is 2.13. The van der Waals surface area contributed by atoms with Gasteiger partial charge in [-0.25, -0.2) is 0 Å². The Labute approximate surface area is 94.7 Å². The highest BCUT2D eigenvalue weighted by molar-refractivity contribution is 7.90. The Morgan fingerprint density at radius 3 is 2.62 bits per heavy atom. The van der Waals surface area contributed by atoms with E-state index in [1.165, 1.54) is 12.1 Å². The summed E-state index contributed by atoms with van der Waals surface area (Å²) in [6, 6.07) is 4.82. The molecule has 1 aromatic carbocycles. The second kappa shape index (κ2) is 3.95. The van der Waals surface area contributed by atoms with Crippen LogP contribution in [0, 0.1) is 6.92 Å². The van der Waals surface area contributed by atoms with Crippen LogP contribution >= 0.6 is 0 Å². The van der Waals surface area contributed by atoms with Crippen LogP contribution in [0.2, 0.25) is 0 Å². The fourth-order valence-corrected chi connectivity index (χ4v) is 2.52. The number of benzene rings is 1. The molecular weight excluding hydrogens is 228 g/mol. The number of hydrogen-bond donors (Lipinski definition) is 3. The summed E-state index contributed by atoms with van der Waals surface area (Å²) >= 11 is 0. The van der Waals surface area contributed by atoms with Crippen LogP contribution < -0.4 is 9.44 Å². The fourth-order valence-electron chi connectivity index (χ4n) is 1.32. The first kappa shape index (κ1) is 11.2. The van der Waals surface area contributed by atoms with Gasteiger partial charge in [-0.05, 0) is 37.5 Å². The fraction of sp³-hybridized carbons (Fsp3) is 0.400. The first-order valence-electron chi connectivity index (χ1n) is 5.06. The molecule has 0 aliphatic heterocycles. The maximum atomic E-state index is 11.6. The normalized spacial score (nSPS) is 16.1. The summed E-state index contributed by atoms with van der Waals surface area (Å²) in [6.07, 6.45) is 1.75. The molecule has 1 fully saturated rings. The van der Waals surface area contributed by atoms with Gasteiger partial charge in [0.2, 0.25) is 0 Å². The van der Waals surface area contributed by atoms with Crippen molar-refractivity contribution in [1.29, 1.82) is 0 Å². The molecule has 6 heteroatoms. The number of anilines is 1. The van der Waals surface area contributed by atoms with E-state index in [0.29, 0.717) is 0 Å². The maximum absolute atomic E-state index is 11.6. The number of aromatic hydroxyl groups is 1. The third-order valence-electron chi connectivity index (χ3n) is 2.30. The molecule has 0 atom stereocenters. The van der Waals surface area contributed by atoms with Crippen LogP contribution in [0.3, 0.4) is 0 Å². The van der Waals surface area contributed by atoms with Gasteiger partial charge in [0.15, 0.2) is 0 Å². The first-order valence-corrected chi connectivity index (χ1v) is 6.54. The molecule has 0 radical (unpaired) electrons. The van der Waals surface area contributed by atoms with Crippen molar-refractivity contribution in [2.75, 3.05) is 4.72 Å². The minimum atomic E-state index is -3.57. The number of aryl methyl sites for hydroxylation is 1. The molecule has 0 unspecified atom stereocenters. The van der Waals surface area contributed by atoms with Gasteiger partial charge in [-0.3, -0.25) is 4.72 Å². The zero-order valence-corrected chi connectivity index (χ0v) is 9.71. The predicted molar refractivity (Wildman–Crippen MR) is 61.5 cm³/mol. The zero-order valence-electron chi connectivity index (χ0n) is 8.90. The molecule has 1 aliphatic carbocycles. The van der Waals surface area contributed by atoms with Crippen molar-refractivity contribution in [3.8, 4) is 5.75 Å². The van der Waals surface area contributed by atoms with E-state index in [1.54, 1.807) is 6.07 Å². The summed E-state index contributed by atoms with van der Waals surface area (Å²) in [6.45, 7) is 1.82. The minimum Gasteiger partial charge on any atom is -0.506 e. The molecule has 1 saturated carbocycles. The number of nitrogens with one attached hydrogen (secondary N) is 2. The van der Waals surface area contributed by atoms with Crippen molar-refractivity contribution in [2.45, 2.75) is 25.8 Å². The van der Waals surface area contributed by atoms with Crippen LogP contribution in [0.1, 0.15) is 18.4 Å². The molecule has 16 heavy (non-hydrogen) atoms. The largest absolute Gasteiger partial charge is 0.506 e. The molecule has 0 heterocycles. The summed E-state index contributed by atoms with van der Waals surface area (Å²) in [7, 11) is -3.57. The lowest BCUT2D eigenvalue weighted by atomic mass is 10.2. The summed E-state index contributed by atoms with van der Waals surface area (Å²) < 4.78 is 27.9. The smallest absolute Gasteiger partial charge is 0.299 e. The van der Waals surface area contributed by atoms with Gasteiger partial charge in [0.25, 0.3) is 10.2 Å². The lowest BCUT2D eigenvalue weighted by Crippen LogP contribution is -2.31. The lowest BCUT2D eigenvalue weighted by Gasteiger charge is -2.10. The van der Waals surface area contributed by atoms with Crippen LogP contribution in [-0.2, 0) is 10.2 Å². The molecule has 0 saturated heterocycles. The average molecular weight is 242 g/mol. The van der Waals surface area contributed by atoms with Gasteiger partial charge in [0.05, 0.1) is 5.69 Å². The maximum Gasteiger partial charge on any atom is 0.299 e. The van der Waals surface area contributed by atoms with Crippen LogP contribution in [0.25, 0.3) is 0 Å². The lowest BCUT2D eigenvalue weighted by molar-refractivity contribution is 0.477. The second-order valence-corrected chi connectivity index (χ2v) is 5.46. The van der Waals surface area contributed by atoms with E-state index in [9.17, 15) is 13.5 Å². The van der Waals surface area contributed by atoms with Crippen molar-refractivity contribution >= 4 is 15.9 Å². The monoisotopic (exact) mass is 242 g/mol. The van der Waals surface area contributed by atoms with Crippen molar-refractivity contribution in [2.24, 2.45) is 0 Å². The Kier molecular flexibility index (Phi) is 2.77. The Morgan fingerprint density at radius 2 is 2.06 bits per heavy atom. The van der Waals surface area contributed by atoms with E-state index in [0.717, 1.165) is 18.4 Å². The molecular formula is C10H14N2O3S. The van der Waals surface area contributed by atoms with E-state index in [2.05, 4.69) is 9.44 Å². The topological polar surface area (TPSA) is 78.4 Å². The number of phenolic OH excluding ortho intramolecular Hbond substituents is 1. The van der Waals surface area contributed by atoms with Crippen LogP contribution in [-0.4, -0.2) is 19.6 Å². The van der Waals surface area contributed by atoms with E-state index < -0.39 is 10.2 Å². The standard InChI is InChI=1S/C10H14N2O3S/c1-7-2-5-9(10(13)6-7)12-16(14,15)11-8-3-4-8/h2,5-6,8,11-13H,3-4H2,1H3. The Bertz CT molecular complexity index is 495. The van der Waals surface area contributed by atoms with Gasteiger partial charge in [-0.15, -0.1) is 0 Å². The molecule has 0 spiro atoms. The summed E-state index contributed by atoms with van der Waals surface area (Å²) in [5.41, 5.74) is 1.06. The van der Waals surface area contributed by atoms with E-state index in [4.69, 9.17) is 0 Å². The second-order valence-electron chi connectivity index (χ2n) is 4.02. The number of hydrogen-bond acceptors (Lipinski definition) is 3. The molecule has 3 N–H and O–H groups in total. The van der Waals surface area contributed by atoms with E-state index >= 15 is 0 Å². The number of phenols is 1. The van der Waals surface area contributed by atoms with Gasteiger partial charge in [0, 0.05) is 6.04 Å². The van der Waals surface area contributed by atoms with Gasteiger partial charge in [-0.1, -0.05) is 6.07 Å². The van der Waals surface area contributed by atoms with Crippen LogP contribution in [0.5, 0.6) is 5.75 Å². The first-order chi connectivity index (χ1) is 7.46. The number of rotatable bonds is 4. The molecule has 2 rings (SSSR count). The minimum absolute atomic E-state index is 0.0464. The van der Waals surface area contributed by atoms with Gasteiger partial charge in [0.1, 0.15) is 5.75 Å². The summed E-state index contributed by atoms with van der Waals surface area (Å²) in [4.78, 5) is 0. The highest BCUT2D eigenvalue weighted by Crippen LogP contribution is 2.25. The SMILES string of the molecule is Cc1ccc(NS(=O)(=O)NC2CC2)c(O)c1. The molecule has 5 nitrogen and oxygen atoms in total. The van der Waals surface area contributed by atoms with Crippen LogP contribution in [0.4, 0.5) is 5.69 Å². The molecule has 0 aromatic heterocycles. The molecule has 0 bridgehead atoms. The quantitative estimate of drug-likeness (QED) is 0.692. The van der Waals surface area contributed by atoms with Crippen molar-refractivity contribution in [1.82, 2.24) is 4.72 Å². The molecule has 0 amide bonds. The predicted octanol–water partition coefficient (Wildman–Crippen LogP) is 1.11. The van der Waals surface area contributed by atoms with E-state index in [1.807, 2.05) is 6.92 Å². The third kappa shape index (κ3) is 2.86. The Morgan fingerprint density at radius 1 is 1.38 bits per heavy atom. The summed E-state index contributed by atoms with van der Waals surface area (Å²) in [5, 5.41) is 9.55. The molecule has 1 aliphatic rings. The van der Waals surface area contributed by atoms with E-state index in [-0.39, 0.29) is 17.5 Å². The van der Waals surface area contributed by atoms with Crippen molar-refractivity contribution < 1.29 is 13.5 Å². The Hall–Kier alpha value is -1.27. The van der Waals surface area contributed by atoms with Crippen molar-refractivity contribution in [3.05, 3.63) is 23.8 Å². The highest BCUT2D eigenvalue weighted by Gasteiger charge is 2.27. The van der Waals surface area contributed by atoms with Gasteiger partial charge >= 0.3 is 0 Å². The third-order valence-corrected chi connectivity index (χ3v) is 3.43. The van der Waals surface area contributed by atoms with Gasteiger partial charge in [-0.2, -0.15) is 13.1 Å². The zero-order chi connectivity index (χ0) is 11.8. The van der Waals surface area contributed by atoms with Gasteiger partial charge < -0.3 is 5.11 Å². The highest BCUT2D eigenvalue weighted by atomic mass is 32.2. The van der Waals surface area contributed by atoms with Crippen LogP contribution in [0.15, 0.2) is 18.2 Å².